The Morgan fingerprint density at radius 2 is 2.11 bits per heavy atom. The van der Waals surface area contributed by atoms with Crippen LogP contribution in [0, 0.1) is 0 Å². The summed E-state index contributed by atoms with van der Waals surface area (Å²) >= 11 is 3.35. The molecule has 0 aliphatic heterocycles. The number of carbonyl (C=O) groups excluding carboxylic acids is 1. The number of halogens is 1. The number of benzene rings is 1. The van der Waals surface area contributed by atoms with Crippen molar-refractivity contribution in [3.63, 3.8) is 0 Å². The van der Waals surface area contributed by atoms with Crippen LogP contribution in [0.3, 0.4) is 0 Å². The maximum atomic E-state index is 11.5. The van der Waals surface area contributed by atoms with Crippen LogP contribution in [0.5, 0.6) is 5.75 Å². The number of aliphatic hydroxyl groups excluding tert-OH is 1. The second kappa shape index (κ2) is 7.50. The number of rotatable bonds is 6. The first-order chi connectivity index (χ1) is 8.90. The van der Waals surface area contributed by atoms with Gasteiger partial charge in [0.1, 0.15) is 5.75 Å². The van der Waals surface area contributed by atoms with Crippen molar-refractivity contribution in [2.45, 2.75) is 39.3 Å². The topological polar surface area (TPSA) is 58.6 Å². The fourth-order valence-electron chi connectivity index (χ4n) is 1.63. The molecule has 2 N–H and O–H groups in total. The minimum Gasteiger partial charge on any atom is -0.493 e. The monoisotopic (exact) mass is 329 g/mol. The Bertz CT molecular complexity index is 433. The molecule has 0 saturated heterocycles. The summed E-state index contributed by atoms with van der Waals surface area (Å²) in [6.45, 7) is 5.80. The molecule has 0 heterocycles. The first kappa shape index (κ1) is 16.0. The van der Waals surface area contributed by atoms with E-state index in [1.54, 1.807) is 13.0 Å². The average molecular weight is 330 g/mol. The normalized spacial score (nSPS) is 12.3. The zero-order valence-corrected chi connectivity index (χ0v) is 13.0. The van der Waals surface area contributed by atoms with E-state index in [9.17, 15) is 9.90 Å². The summed E-state index contributed by atoms with van der Waals surface area (Å²) < 4.78 is 6.45. The Morgan fingerprint density at radius 1 is 1.42 bits per heavy atom. The van der Waals surface area contributed by atoms with Crippen LogP contribution < -0.4 is 10.1 Å². The molecule has 0 spiro atoms. The number of amides is 1. The first-order valence-corrected chi connectivity index (χ1v) is 7.09. The molecular formula is C14H20BrNO3. The van der Waals surface area contributed by atoms with Crippen molar-refractivity contribution < 1.29 is 14.6 Å². The van der Waals surface area contributed by atoms with Crippen molar-refractivity contribution in [1.29, 1.82) is 0 Å². The summed E-state index contributed by atoms with van der Waals surface area (Å²) in [5.74, 6) is 0.571. The van der Waals surface area contributed by atoms with Crippen LogP contribution >= 0.6 is 15.9 Å². The van der Waals surface area contributed by atoms with Gasteiger partial charge in [-0.15, -0.1) is 0 Å². The Morgan fingerprint density at radius 3 is 2.68 bits per heavy atom. The summed E-state index contributed by atoms with van der Waals surface area (Å²) in [6.07, 6.45) is -0.315. The zero-order valence-electron chi connectivity index (χ0n) is 11.4. The van der Waals surface area contributed by atoms with Gasteiger partial charge in [-0.3, -0.25) is 4.79 Å². The lowest BCUT2D eigenvalue weighted by Crippen LogP contribution is -2.31. The minimum atomic E-state index is -0.614. The third-order valence-electron chi connectivity index (χ3n) is 2.46. The first-order valence-electron chi connectivity index (χ1n) is 6.30. The Labute approximate surface area is 122 Å². The predicted molar refractivity (Wildman–Crippen MR) is 78.2 cm³/mol. The second-order valence-electron chi connectivity index (χ2n) is 4.68. The molecule has 0 saturated carbocycles. The van der Waals surface area contributed by atoms with Crippen LogP contribution in [0.25, 0.3) is 0 Å². The lowest BCUT2D eigenvalue weighted by Gasteiger charge is -2.14. The molecule has 19 heavy (non-hydrogen) atoms. The molecule has 0 fully saturated rings. The van der Waals surface area contributed by atoms with Gasteiger partial charge in [-0.05, 0) is 39.0 Å². The Kier molecular flexibility index (Phi) is 6.31. The van der Waals surface area contributed by atoms with Crippen molar-refractivity contribution in [3.8, 4) is 5.75 Å². The van der Waals surface area contributed by atoms with Gasteiger partial charge >= 0.3 is 0 Å². The van der Waals surface area contributed by atoms with E-state index in [0.29, 0.717) is 24.3 Å². The molecule has 1 amide bonds. The molecule has 0 aromatic heterocycles. The van der Waals surface area contributed by atoms with E-state index in [4.69, 9.17) is 4.74 Å². The van der Waals surface area contributed by atoms with Crippen molar-refractivity contribution >= 4 is 21.8 Å². The molecule has 1 rings (SSSR count). The van der Waals surface area contributed by atoms with Gasteiger partial charge in [0.25, 0.3) is 0 Å². The summed E-state index contributed by atoms with van der Waals surface area (Å²) in [5.41, 5.74) is 0.707. The van der Waals surface area contributed by atoms with Gasteiger partial charge in [0.05, 0.1) is 19.1 Å². The maximum absolute atomic E-state index is 11.5. The fourth-order valence-corrected chi connectivity index (χ4v) is 2.00. The van der Waals surface area contributed by atoms with Gasteiger partial charge < -0.3 is 15.2 Å². The number of hydrogen-bond acceptors (Lipinski definition) is 3. The third-order valence-corrected chi connectivity index (χ3v) is 2.95. The zero-order chi connectivity index (χ0) is 14.4. The van der Waals surface area contributed by atoms with Crippen LogP contribution in [0.2, 0.25) is 0 Å². The van der Waals surface area contributed by atoms with E-state index in [2.05, 4.69) is 21.2 Å². The molecule has 1 aromatic rings. The van der Waals surface area contributed by atoms with E-state index in [0.717, 1.165) is 4.47 Å². The quantitative estimate of drug-likeness (QED) is 0.843. The molecule has 0 bridgehead atoms. The lowest BCUT2D eigenvalue weighted by molar-refractivity contribution is -0.122. The molecular weight excluding hydrogens is 310 g/mol. The summed E-state index contributed by atoms with van der Waals surface area (Å²) in [6, 6.07) is 5.57. The van der Waals surface area contributed by atoms with Gasteiger partial charge in [-0.25, -0.2) is 0 Å². The van der Waals surface area contributed by atoms with E-state index >= 15 is 0 Å². The highest BCUT2D eigenvalue weighted by atomic mass is 79.9. The Balaban J connectivity index is 2.56. The number of nitrogens with one attached hydrogen (secondary N) is 1. The molecule has 0 radical (unpaired) electrons. The highest BCUT2D eigenvalue weighted by molar-refractivity contribution is 9.10. The number of aliphatic hydroxyl groups is 1. The van der Waals surface area contributed by atoms with E-state index in [-0.39, 0.29) is 11.9 Å². The largest absolute Gasteiger partial charge is 0.493 e. The van der Waals surface area contributed by atoms with Gasteiger partial charge in [-0.2, -0.15) is 0 Å². The van der Waals surface area contributed by atoms with Crippen LogP contribution in [-0.4, -0.2) is 23.7 Å². The molecule has 0 aliphatic carbocycles. The molecule has 1 aromatic carbocycles. The number of ether oxygens (including phenoxy) is 1. The van der Waals surface area contributed by atoms with Crippen molar-refractivity contribution in [3.05, 3.63) is 28.2 Å². The van der Waals surface area contributed by atoms with Crippen molar-refractivity contribution in [1.82, 2.24) is 5.32 Å². The lowest BCUT2D eigenvalue weighted by atomic mass is 10.1. The number of carbonyl (C=O) groups is 1. The van der Waals surface area contributed by atoms with Gasteiger partial charge in [0.15, 0.2) is 0 Å². The molecule has 1 atom stereocenters. The highest BCUT2D eigenvalue weighted by Gasteiger charge is 2.10. The highest BCUT2D eigenvalue weighted by Crippen LogP contribution is 2.28. The van der Waals surface area contributed by atoms with Crippen LogP contribution in [0.15, 0.2) is 22.7 Å². The van der Waals surface area contributed by atoms with Crippen molar-refractivity contribution in [2.75, 3.05) is 6.61 Å². The van der Waals surface area contributed by atoms with Gasteiger partial charge in [0.2, 0.25) is 5.91 Å². The van der Waals surface area contributed by atoms with Gasteiger partial charge in [-0.1, -0.05) is 15.9 Å². The standard InChI is InChI=1S/C14H20BrNO3/c1-9(2)16-14(18)6-7-19-13-5-4-11(15)8-12(13)10(3)17/h4-5,8-10,17H,6-7H2,1-3H3,(H,16,18)/t10-/m1/s1. The second-order valence-corrected chi connectivity index (χ2v) is 5.59. The number of hydrogen-bond donors (Lipinski definition) is 2. The average Bonchev–Trinajstić information content (AvgIpc) is 2.29. The van der Waals surface area contributed by atoms with E-state index < -0.39 is 6.10 Å². The Hall–Kier alpha value is -1.07. The van der Waals surface area contributed by atoms with Crippen molar-refractivity contribution in [2.24, 2.45) is 0 Å². The van der Waals surface area contributed by atoms with E-state index in [1.165, 1.54) is 0 Å². The molecule has 106 valence electrons. The smallest absolute Gasteiger partial charge is 0.223 e. The fraction of sp³-hybridized carbons (Fsp3) is 0.500. The van der Waals surface area contributed by atoms with Crippen LogP contribution in [-0.2, 0) is 4.79 Å². The molecule has 5 heteroatoms. The summed E-state index contributed by atoms with van der Waals surface area (Å²) in [7, 11) is 0. The molecule has 0 unspecified atom stereocenters. The summed E-state index contributed by atoms with van der Waals surface area (Å²) in [5, 5.41) is 12.5. The molecule has 0 aliphatic rings. The predicted octanol–water partition coefficient (Wildman–Crippen LogP) is 2.80. The van der Waals surface area contributed by atoms with E-state index in [1.807, 2.05) is 26.0 Å². The third kappa shape index (κ3) is 5.61. The molecule has 4 nitrogen and oxygen atoms in total. The van der Waals surface area contributed by atoms with Crippen LogP contribution in [0.4, 0.5) is 0 Å². The minimum absolute atomic E-state index is 0.0364. The SMILES string of the molecule is CC(C)NC(=O)CCOc1ccc(Br)cc1[C@@H](C)O. The maximum Gasteiger partial charge on any atom is 0.223 e. The van der Waals surface area contributed by atoms with Gasteiger partial charge in [0, 0.05) is 16.1 Å². The summed E-state index contributed by atoms with van der Waals surface area (Å²) in [4.78, 5) is 11.5. The van der Waals surface area contributed by atoms with Crippen LogP contribution in [0.1, 0.15) is 38.9 Å².